The average Bonchev–Trinajstić information content (AvgIpc) is 2.32. The topological polar surface area (TPSA) is 12.0 Å². The van der Waals surface area contributed by atoms with Crippen LogP contribution in [0.1, 0.15) is 19.3 Å². The molecular weight excluding hydrogens is 210 g/mol. The molecule has 2 saturated heterocycles. The van der Waals surface area contributed by atoms with E-state index in [-0.39, 0.29) is 12.4 Å². The molecule has 2 rings (SSSR count). The predicted octanol–water partition coefficient (Wildman–Crippen LogP) is 2.36. The van der Waals surface area contributed by atoms with Crippen molar-refractivity contribution >= 4 is 35.9 Å². The van der Waals surface area contributed by atoms with Gasteiger partial charge in [-0.3, -0.25) is 0 Å². The highest BCUT2D eigenvalue weighted by atomic mass is 35.5. The molecule has 1 spiro atoms. The molecule has 0 saturated carbocycles. The summed E-state index contributed by atoms with van der Waals surface area (Å²) < 4.78 is 0.628. The Balaban J connectivity index is 0.000000720. The maximum atomic E-state index is 3.47. The van der Waals surface area contributed by atoms with Crippen molar-refractivity contribution in [2.45, 2.75) is 23.3 Å². The van der Waals surface area contributed by atoms with Crippen LogP contribution in [0.15, 0.2) is 0 Å². The third-order valence-electron chi connectivity index (χ3n) is 2.41. The third kappa shape index (κ3) is 2.47. The van der Waals surface area contributed by atoms with Gasteiger partial charge in [0.05, 0.1) is 4.08 Å². The zero-order valence-electron chi connectivity index (χ0n) is 7.17. The zero-order valence-corrected chi connectivity index (χ0v) is 9.62. The van der Waals surface area contributed by atoms with E-state index in [1.54, 1.807) is 0 Å². The van der Waals surface area contributed by atoms with Gasteiger partial charge in [0.25, 0.3) is 0 Å². The number of rotatable bonds is 0. The van der Waals surface area contributed by atoms with Crippen molar-refractivity contribution in [2.75, 3.05) is 24.6 Å². The molecule has 72 valence electrons. The second-order valence-electron chi connectivity index (χ2n) is 3.21. The first-order valence-corrected chi connectivity index (χ1v) is 6.37. The number of halogens is 1. The maximum absolute atomic E-state index is 3.47. The normalized spacial score (nSPS) is 28.0. The lowest BCUT2D eigenvalue weighted by atomic mass is 10.2. The van der Waals surface area contributed by atoms with Crippen LogP contribution in [0.5, 0.6) is 0 Å². The van der Waals surface area contributed by atoms with Crippen molar-refractivity contribution in [3.05, 3.63) is 0 Å². The highest BCUT2D eigenvalue weighted by molar-refractivity contribution is 8.21. The molecule has 0 radical (unpaired) electrons. The van der Waals surface area contributed by atoms with E-state index in [1.807, 2.05) is 0 Å². The molecule has 12 heavy (non-hydrogen) atoms. The van der Waals surface area contributed by atoms with E-state index in [2.05, 4.69) is 28.8 Å². The minimum absolute atomic E-state index is 0. The van der Waals surface area contributed by atoms with E-state index in [9.17, 15) is 0 Å². The molecule has 2 fully saturated rings. The van der Waals surface area contributed by atoms with E-state index in [4.69, 9.17) is 0 Å². The lowest BCUT2D eigenvalue weighted by molar-refractivity contribution is 0.698. The van der Waals surface area contributed by atoms with Crippen LogP contribution >= 0.6 is 35.9 Å². The molecule has 1 N–H and O–H groups in total. The molecule has 0 aromatic rings. The summed E-state index contributed by atoms with van der Waals surface area (Å²) in [7, 11) is 0. The maximum Gasteiger partial charge on any atom is 0.0624 e. The standard InChI is InChI=1S/C8H15NS2.ClH/c1-2-8(3-5-9-4-1)10-6-7-11-8;/h9H,1-7H2;1H. The molecule has 0 aromatic heterocycles. The van der Waals surface area contributed by atoms with Gasteiger partial charge in [-0.2, -0.15) is 0 Å². The number of thioether (sulfide) groups is 2. The van der Waals surface area contributed by atoms with Gasteiger partial charge in [0.1, 0.15) is 0 Å². The van der Waals surface area contributed by atoms with Crippen molar-refractivity contribution in [3.8, 4) is 0 Å². The molecule has 0 aliphatic carbocycles. The smallest absolute Gasteiger partial charge is 0.0624 e. The number of hydrogen-bond acceptors (Lipinski definition) is 3. The average molecular weight is 226 g/mol. The molecular formula is C8H16ClNS2. The summed E-state index contributed by atoms with van der Waals surface area (Å²) in [6.45, 7) is 2.48. The van der Waals surface area contributed by atoms with Crippen LogP contribution in [0, 0.1) is 0 Å². The first-order chi connectivity index (χ1) is 5.41. The van der Waals surface area contributed by atoms with Crippen molar-refractivity contribution in [1.29, 1.82) is 0 Å². The van der Waals surface area contributed by atoms with E-state index >= 15 is 0 Å². The summed E-state index contributed by atoms with van der Waals surface area (Å²) in [4.78, 5) is 0. The first-order valence-electron chi connectivity index (χ1n) is 4.40. The molecule has 4 heteroatoms. The van der Waals surface area contributed by atoms with Gasteiger partial charge in [-0.05, 0) is 32.4 Å². The molecule has 0 amide bonds. The van der Waals surface area contributed by atoms with Gasteiger partial charge in [0, 0.05) is 11.5 Å². The largest absolute Gasteiger partial charge is 0.317 e. The van der Waals surface area contributed by atoms with Gasteiger partial charge < -0.3 is 5.32 Å². The van der Waals surface area contributed by atoms with Crippen LogP contribution in [-0.4, -0.2) is 28.7 Å². The molecule has 0 aromatic carbocycles. The summed E-state index contributed by atoms with van der Waals surface area (Å²) >= 11 is 4.40. The SMILES string of the molecule is C1CNCCC2(C1)SCCS2.Cl. The number of nitrogens with one attached hydrogen (secondary N) is 1. The van der Waals surface area contributed by atoms with E-state index in [0.717, 1.165) is 0 Å². The lowest BCUT2D eigenvalue weighted by Gasteiger charge is -2.24. The van der Waals surface area contributed by atoms with Crippen molar-refractivity contribution < 1.29 is 0 Å². The van der Waals surface area contributed by atoms with Crippen LogP contribution in [0.25, 0.3) is 0 Å². The molecule has 0 atom stereocenters. The van der Waals surface area contributed by atoms with Gasteiger partial charge in [0.15, 0.2) is 0 Å². The highest BCUT2D eigenvalue weighted by Gasteiger charge is 2.35. The molecule has 0 bridgehead atoms. The minimum atomic E-state index is 0. The zero-order chi connectivity index (χ0) is 7.57. The first kappa shape index (κ1) is 11.0. The fourth-order valence-electron chi connectivity index (χ4n) is 1.80. The van der Waals surface area contributed by atoms with Crippen molar-refractivity contribution in [2.24, 2.45) is 0 Å². The second-order valence-corrected chi connectivity index (χ2v) is 6.43. The minimum Gasteiger partial charge on any atom is -0.317 e. The molecule has 2 heterocycles. The predicted molar refractivity (Wildman–Crippen MR) is 61.6 cm³/mol. The van der Waals surface area contributed by atoms with E-state index < -0.39 is 0 Å². The Morgan fingerprint density at radius 1 is 1.00 bits per heavy atom. The second kappa shape index (κ2) is 4.99. The number of hydrogen-bond donors (Lipinski definition) is 1. The summed E-state index contributed by atoms with van der Waals surface area (Å²) in [5, 5.41) is 3.47. The summed E-state index contributed by atoms with van der Waals surface area (Å²) in [6, 6.07) is 0. The third-order valence-corrected chi connectivity index (χ3v) is 6.06. The van der Waals surface area contributed by atoms with Crippen LogP contribution in [0.4, 0.5) is 0 Å². The van der Waals surface area contributed by atoms with Crippen LogP contribution < -0.4 is 5.32 Å². The quantitative estimate of drug-likeness (QED) is 0.680. The van der Waals surface area contributed by atoms with Crippen LogP contribution in [-0.2, 0) is 0 Å². The Morgan fingerprint density at radius 2 is 1.75 bits per heavy atom. The van der Waals surface area contributed by atoms with Crippen molar-refractivity contribution in [3.63, 3.8) is 0 Å². The van der Waals surface area contributed by atoms with Gasteiger partial charge >= 0.3 is 0 Å². The Kier molecular flexibility index (Phi) is 4.58. The molecule has 1 nitrogen and oxygen atoms in total. The van der Waals surface area contributed by atoms with Gasteiger partial charge in [0.2, 0.25) is 0 Å². The highest BCUT2D eigenvalue weighted by Crippen LogP contribution is 2.49. The van der Waals surface area contributed by atoms with Crippen LogP contribution in [0.3, 0.4) is 0 Å². The Labute approximate surface area is 89.2 Å². The Hall–Kier alpha value is 0.950. The summed E-state index contributed by atoms with van der Waals surface area (Å²) in [5.41, 5.74) is 0. The summed E-state index contributed by atoms with van der Waals surface area (Å²) in [5.74, 6) is 2.76. The summed E-state index contributed by atoms with van der Waals surface area (Å²) in [6.07, 6.45) is 4.18. The van der Waals surface area contributed by atoms with Gasteiger partial charge in [-0.1, -0.05) is 0 Å². The van der Waals surface area contributed by atoms with Gasteiger partial charge in [-0.25, -0.2) is 0 Å². The Morgan fingerprint density at radius 3 is 2.50 bits per heavy atom. The fourth-order valence-corrected chi connectivity index (χ4v) is 5.11. The van der Waals surface area contributed by atoms with Crippen LogP contribution in [0.2, 0.25) is 0 Å². The fraction of sp³-hybridized carbons (Fsp3) is 1.00. The van der Waals surface area contributed by atoms with Gasteiger partial charge in [-0.15, -0.1) is 35.9 Å². The molecule has 2 aliphatic heterocycles. The molecule has 2 aliphatic rings. The Bertz CT molecular complexity index is 127. The van der Waals surface area contributed by atoms with E-state index in [1.165, 1.54) is 43.9 Å². The lowest BCUT2D eigenvalue weighted by Crippen LogP contribution is -2.19. The van der Waals surface area contributed by atoms with E-state index in [0.29, 0.717) is 4.08 Å². The van der Waals surface area contributed by atoms with Crippen molar-refractivity contribution in [1.82, 2.24) is 5.32 Å². The molecule has 0 unspecified atom stereocenters. The monoisotopic (exact) mass is 225 g/mol.